The third-order valence-corrected chi connectivity index (χ3v) is 3.96. The van der Waals surface area contributed by atoms with Crippen LogP contribution < -0.4 is 0 Å². The molecular weight excluding hydrogens is 276 g/mol. The minimum Gasteiger partial charge on any atom is -0.460 e. The quantitative estimate of drug-likeness (QED) is 0.631. The second-order valence-electron chi connectivity index (χ2n) is 3.66. The van der Waals surface area contributed by atoms with E-state index in [4.69, 9.17) is 4.74 Å². The molecule has 0 unspecified atom stereocenters. The summed E-state index contributed by atoms with van der Waals surface area (Å²) in [6.07, 6.45) is 3.80. The molecule has 0 aliphatic rings. The summed E-state index contributed by atoms with van der Waals surface area (Å²) in [5.41, 5.74) is 0. The molecule has 4 heteroatoms. The Balaban J connectivity index is 1.90. The summed E-state index contributed by atoms with van der Waals surface area (Å²) < 4.78 is 4.94. The van der Waals surface area contributed by atoms with E-state index in [0.29, 0.717) is 6.61 Å². The molecule has 0 aliphatic heterocycles. The summed E-state index contributed by atoms with van der Waals surface area (Å²) in [5, 5.41) is 2.01. The van der Waals surface area contributed by atoms with E-state index in [0.717, 1.165) is 14.6 Å². The summed E-state index contributed by atoms with van der Waals surface area (Å²) >= 11 is 3.22. The Morgan fingerprint density at radius 3 is 3.05 bits per heavy atom. The third kappa shape index (κ3) is 4.74. The lowest BCUT2D eigenvalue weighted by Crippen LogP contribution is -1.96. The molecule has 0 saturated carbocycles. The molecule has 2 nitrogen and oxygen atoms in total. The molecule has 0 bridgehead atoms. The first-order valence-electron chi connectivity index (χ1n) is 5.68. The molecule has 2 heterocycles. The summed E-state index contributed by atoms with van der Waals surface area (Å²) in [6.45, 7) is 1.75. The molecule has 0 saturated heterocycles. The second-order valence-corrected chi connectivity index (χ2v) is 5.81. The predicted molar refractivity (Wildman–Crippen MR) is 80.0 cm³/mol. The lowest BCUT2D eigenvalue weighted by Gasteiger charge is -1.96. The zero-order chi connectivity index (χ0) is 13.5. The zero-order valence-corrected chi connectivity index (χ0v) is 12.0. The van der Waals surface area contributed by atoms with E-state index in [2.05, 4.69) is 11.8 Å². The molecular formula is C15H12O2S2. The predicted octanol–water partition coefficient (Wildman–Crippen LogP) is 3.94. The molecule has 2 aromatic heterocycles. The van der Waals surface area contributed by atoms with Crippen molar-refractivity contribution in [1.82, 2.24) is 0 Å². The Labute approximate surface area is 120 Å². The topological polar surface area (TPSA) is 26.3 Å². The minimum atomic E-state index is -0.257. The molecule has 2 rings (SSSR count). The molecule has 0 aromatic carbocycles. The standard InChI is InChI=1S/C15H12O2S2/c1-12(16)17-11-15-9-8-14(19-15)6-3-2-5-13-7-4-10-18-13/h3-4,6-10H,11H2,1H3. The van der Waals surface area contributed by atoms with Gasteiger partial charge in [0.15, 0.2) is 0 Å². The average molecular weight is 288 g/mol. The van der Waals surface area contributed by atoms with Gasteiger partial charge in [-0.2, -0.15) is 0 Å². The van der Waals surface area contributed by atoms with Gasteiger partial charge in [-0.25, -0.2) is 0 Å². The summed E-state index contributed by atoms with van der Waals surface area (Å²) in [6, 6.07) is 7.93. The van der Waals surface area contributed by atoms with Crippen molar-refractivity contribution in [1.29, 1.82) is 0 Å². The van der Waals surface area contributed by atoms with Gasteiger partial charge in [0.25, 0.3) is 0 Å². The molecule has 0 radical (unpaired) electrons. The first-order valence-corrected chi connectivity index (χ1v) is 7.37. The molecule has 0 fully saturated rings. The summed E-state index contributed by atoms with van der Waals surface area (Å²) in [5.74, 6) is 5.80. The van der Waals surface area contributed by atoms with Gasteiger partial charge in [-0.1, -0.05) is 17.9 Å². The van der Waals surface area contributed by atoms with Gasteiger partial charge in [-0.3, -0.25) is 4.79 Å². The normalized spacial score (nSPS) is 10.2. The zero-order valence-electron chi connectivity index (χ0n) is 10.4. The average Bonchev–Trinajstić information content (AvgIpc) is 3.04. The Hall–Kier alpha value is -1.83. The van der Waals surface area contributed by atoms with Crippen molar-refractivity contribution < 1.29 is 9.53 Å². The van der Waals surface area contributed by atoms with E-state index < -0.39 is 0 Å². The van der Waals surface area contributed by atoms with Crippen LogP contribution in [0.5, 0.6) is 0 Å². The van der Waals surface area contributed by atoms with Crippen molar-refractivity contribution in [2.45, 2.75) is 13.5 Å². The van der Waals surface area contributed by atoms with Crippen LogP contribution in [-0.2, 0) is 16.1 Å². The maximum absolute atomic E-state index is 10.7. The number of carbonyl (C=O) groups is 1. The van der Waals surface area contributed by atoms with E-state index in [1.54, 1.807) is 22.7 Å². The van der Waals surface area contributed by atoms with Crippen molar-refractivity contribution in [3.05, 3.63) is 50.4 Å². The largest absolute Gasteiger partial charge is 0.460 e. The van der Waals surface area contributed by atoms with Gasteiger partial charge >= 0.3 is 5.97 Å². The fourth-order valence-electron chi connectivity index (χ4n) is 1.32. The molecule has 0 spiro atoms. The monoisotopic (exact) mass is 288 g/mol. The van der Waals surface area contributed by atoms with E-state index in [9.17, 15) is 4.79 Å². The highest BCUT2D eigenvalue weighted by Crippen LogP contribution is 2.18. The summed E-state index contributed by atoms with van der Waals surface area (Å²) in [7, 11) is 0. The van der Waals surface area contributed by atoms with Crippen LogP contribution >= 0.6 is 22.7 Å². The number of esters is 1. The van der Waals surface area contributed by atoms with Gasteiger partial charge in [0.1, 0.15) is 6.61 Å². The van der Waals surface area contributed by atoms with Crippen LogP contribution in [0.3, 0.4) is 0 Å². The van der Waals surface area contributed by atoms with Crippen LogP contribution in [0, 0.1) is 11.8 Å². The van der Waals surface area contributed by atoms with Crippen LogP contribution in [-0.4, -0.2) is 5.97 Å². The Morgan fingerprint density at radius 2 is 2.32 bits per heavy atom. The van der Waals surface area contributed by atoms with Crippen LogP contribution in [0.25, 0.3) is 6.08 Å². The first-order chi connectivity index (χ1) is 9.24. The van der Waals surface area contributed by atoms with Crippen LogP contribution in [0.1, 0.15) is 21.6 Å². The number of hydrogen-bond acceptors (Lipinski definition) is 4. The van der Waals surface area contributed by atoms with Crippen molar-refractivity contribution in [2.75, 3.05) is 0 Å². The number of hydrogen-bond donors (Lipinski definition) is 0. The number of carbonyl (C=O) groups excluding carboxylic acids is 1. The smallest absolute Gasteiger partial charge is 0.302 e. The van der Waals surface area contributed by atoms with Gasteiger partial charge in [-0.15, -0.1) is 22.7 Å². The van der Waals surface area contributed by atoms with Crippen molar-refractivity contribution in [3.63, 3.8) is 0 Å². The maximum atomic E-state index is 10.7. The molecule has 19 heavy (non-hydrogen) atoms. The van der Waals surface area contributed by atoms with Crippen LogP contribution in [0.4, 0.5) is 0 Å². The number of thiophene rings is 2. The lowest BCUT2D eigenvalue weighted by molar-refractivity contribution is -0.142. The third-order valence-electron chi connectivity index (χ3n) is 2.15. The fourth-order valence-corrected chi connectivity index (χ4v) is 2.73. The van der Waals surface area contributed by atoms with Gasteiger partial charge < -0.3 is 4.74 Å². The second kappa shape index (κ2) is 6.93. The van der Waals surface area contributed by atoms with Gasteiger partial charge in [0.2, 0.25) is 0 Å². The SMILES string of the molecule is CC(=O)OCc1ccc(C=CC#Cc2cccs2)s1. The number of ether oxygens (including phenoxy) is 1. The first kappa shape index (κ1) is 13.6. The van der Waals surface area contributed by atoms with E-state index in [-0.39, 0.29) is 5.97 Å². The van der Waals surface area contributed by atoms with Gasteiger partial charge in [0.05, 0.1) is 4.88 Å². The maximum Gasteiger partial charge on any atom is 0.302 e. The Morgan fingerprint density at radius 1 is 1.42 bits per heavy atom. The van der Waals surface area contributed by atoms with Gasteiger partial charge in [0, 0.05) is 16.7 Å². The van der Waals surface area contributed by atoms with Crippen molar-refractivity contribution in [3.8, 4) is 11.8 Å². The Kier molecular flexibility index (Phi) is 4.96. The van der Waals surface area contributed by atoms with Crippen LogP contribution in [0.15, 0.2) is 35.7 Å². The molecule has 0 amide bonds. The molecule has 0 aliphatic carbocycles. The molecule has 2 aromatic rings. The highest BCUT2D eigenvalue weighted by molar-refractivity contribution is 7.12. The lowest BCUT2D eigenvalue weighted by atomic mass is 10.4. The van der Waals surface area contributed by atoms with E-state index >= 15 is 0 Å². The van der Waals surface area contributed by atoms with Crippen molar-refractivity contribution >= 4 is 34.7 Å². The Bertz CT molecular complexity index is 625. The minimum absolute atomic E-state index is 0.257. The van der Waals surface area contributed by atoms with E-state index in [1.165, 1.54) is 6.92 Å². The summed E-state index contributed by atoms with van der Waals surface area (Å²) in [4.78, 5) is 13.9. The fraction of sp³-hybridized carbons (Fsp3) is 0.133. The van der Waals surface area contributed by atoms with Crippen LogP contribution in [0.2, 0.25) is 0 Å². The van der Waals surface area contributed by atoms with E-state index in [1.807, 2.05) is 41.8 Å². The van der Waals surface area contributed by atoms with Crippen molar-refractivity contribution in [2.24, 2.45) is 0 Å². The molecule has 0 atom stereocenters. The highest BCUT2D eigenvalue weighted by Gasteiger charge is 1.99. The van der Waals surface area contributed by atoms with Gasteiger partial charge in [-0.05, 0) is 35.7 Å². The highest BCUT2D eigenvalue weighted by atomic mass is 32.1. The molecule has 96 valence electrons. The molecule has 0 N–H and O–H groups in total. The number of rotatable bonds is 3. The number of allylic oxidation sites excluding steroid dienone is 1.